The number of carbonyl (C=O) groups excluding carboxylic acids is 2. The van der Waals surface area contributed by atoms with Crippen LogP contribution in [-0.2, 0) is 9.47 Å². The van der Waals surface area contributed by atoms with Crippen LogP contribution in [-0.4, -0.2) is 52.5 Å². The van der Waals surface area contributed by atoms with Gasteiger partial charge in [0.15, 0.2) is 0 Å². The highest BCUT2D eigenvalue weighted by molar-refractivity contribution is 5.92. The number of nitrogens with zero attached hydrogens (tertiary/aromatic N) is 2. The summed E-state index contributed by atoms with van der Waals surface area (Å²) >= 11 is 0. The van der Waals surface area contributed by atoms with Gasteiger partial charge in [0.2, 0.25) is 0 Å². The quantitative estimate of drug-likeness (QED) is 0.692. The number of pyridine rings is 1. The van der Waals surface area contributed by atoms with Gasteiger partial charge < -0.3 is 14.8 Å². The molecule has 1 aliphatic rings. The van der Waals surface area contributed by atoms with E-state index in [9.17, 15) is 14.0 Å². The molecular weight excluding hydrogens is 425 g/mol. The van der Waals surface area contributed by atoms with Crippen molar-refractivity contribution in [1.82, 2.24) is 15.2 Å². The molecule has 0 aliphatic carbocycles. The van der Waals surface area contributed by atoms with Crippen molar-refractivity contribution in [3.8, 4) is 11.1 Å². The van der Waals surface area contributed by atoms with Crippen LogP contribution in [0.2, 0.25) is 0 Å². The Morgan fingerprint density at radius 2 is 1.79 bits per heavy atom. The average Bonchev–Trinajstić information content (AvgIpc) is 3.03. The first-order valence-corrected chi connectivity index (χ1v) is 11.1. The van der Waals surface area contributed by atoms with Crippen molar-refractivity contribution in [2.24, 2.45) is 0 Å². The maximum Gasteiger partial charge on any atom is 0.413 e. The van der Waals surface area contributed by atoms with Crippen molar-refractivity contribution in [3.63, 3.8) is 0 Å². The fourth-order valence-electron chi connectivity index (χ4n) is 3.90. The summed E-state index contributed by atoms with van der Waals surface area (Å²) in [7, 11) is 0. The number of rotatable bonds is 5. The van der Waals surface area contributed by atoms with Gasteiger partial charge in [-0.1, -0.05) is 30.3 Å². The second-order valence-electron chi connectivity index (χ2n) is 9.47. The second-order valence-corrected chi connectivity index (χ2v) is 9.47. The molecule has 2 atom stereocenters. The average molecular weight is 458 g/mol. The van der Waals surface area contributed by atoms with Crippen molar-refractivity contribution in [1.29, 1.82) is 0 Å². The topological polar surface area (TPSA) is 80.8 Å². The molecule has 1 fully saturated rings. The Labute approximate surface area is 194 Å². The Bertz CT molecular complexity index is 984. The van der Waals surface area contributed by atoms with Crippen LogP contribution in [0.15, 0.2) is 42.6 Å². The minimum absolute atomic E-state index is 0.216. The summed E-state index contributed by atoms with van der Waals surface area (Å²) in [5.41, 5.74) is 1.13. The van der Waals surface area contributed by atoms with Crippen molar-refractivity contribution in [2.75, 3.05) is 13.2 Å². The van der Waals surface area contributed by atoms with E-state index in [1.165, 1.54) is 4.90 Å². The molecular formula is C25H32FN3O4. The molecule has 0 radical (unpaired) electrons. The molecule has 7 nitrogen and oxygen atoms in total. The van der Waals surface area contributed by atoms with E-state index in [2.05, 4.69) is 10.3 Å². The zero-order valence-electron chi connectivity index (χ0n) is 20.0. The fourth-order valence-corrected chi connectivity index (χ4v) is 3.90. The molecule has 1 saturated heterocycles. The maximum atomic E-state index is 14.2. The fraction of sp³-hybridized carbons (Fsp3) is 0.480. The minimum Gasteiger partial charge on any atom is -0.444 e. The van der Waals surface area contributed by atoms with Gasteiger partial charge in [-0.05, 0) is 58.7 Å². The smallest absolute Gasteiger partial charge is 0.413 e. The number of carbonyl (C=O) groups is 2. The van der Waals surface area contributed by atoms with Gasteiger partial charge in [0, 0.05) is 18.3 Å². The largest absolute Gasteiger partial charge is 0.444 e. The van der Waals surface area contributed by atoms with Crippen LogP contribution in [0.1, 0.15) is 63.7 Å². The highest BCUT2D eigenvalue weighted by Crippen LogP contribution is 2.42. The first kappa shape index (κ1) is 24.6. The van der Waals surface area contributed by atoms with E-state index >= 15 is 0 Å². The third-order valence-corrected chi connectivity index (χ3v) is 5.33. The summed E-state index contributed by atoms with van der Waals surface area (Å²) in [5.74, 6) is -0.216. The summed E-state index contributed by atoms with van der Waals surface area (Å²) in [5, 5.41) is 2.72. The molecule has 1 aliphatic heterocycles. The normalized spacial score (nSPS) is 19.9. The number of nitrogens with one attached hydrogen (secondary N) is 1. The Morgan fingerprint density at radius 3 is 2.30 bits per heavy atom. The van der Waals surface area contributed by atoms with E-state index in [1.54, 1.807) is 46.9 Å². The summed E-state index contributed by atoms with van der Waals surface area (Å²) in [6.45, 7) is 10.4. The minimum atomic E-state index is -1.03. The second kappa shape index (κ2) is 9.47. The third kappa shape index (κ3) is 5.50. The molecule has 2 unspecified atom stereocenters. The van der Waals surface area contributed by atoms with Crippen molar-refractivity contribution in [2.45, 2.75) is 65.0 Å². The van der Waals surface area contributed by atoms with Crippen molar-refractivity contribution < 1.29 is 23.5 Å². The Balaban J connectivity index is 1.81. The summed E-state index contributed by atoms with van der Waals surface area (Å²) in [4.78, 5) is 30.3. The molecule has 3 rings (SSSR count). The van der Waals surface area contributed by atoms with Crippen molar-refractivity contribution in [3.05, 3.63) is 53.9 Å². The maximum absolute atomic E-state index is 14.2. The van der Waals surface area contributed by atoms with Crippen LogP contribution in [0.3, 0.4) is 0 Å². The standard InChI is InChI=1S/C25H32FN3O4/c1-7-27-22(30)19-13-12-18(15-28-19)16-8-10-17(11-9-16)21-20(14-26)29(25(5,6)32-21)23(31)33-24(2,3)4/h8-13,15,20-21H,7,14H2,1-6H3,(H,27,30). The van der Waals surface area contributed by atoms with Crippen LogP contribution in [0.25, 0.3) is 11.1 Å². The van der Waals surface area contributed by atoms with Gasteiger partial charge in [-0.25, -0.2) is 9.18 Å². The number of hydrogen-bond acceptors (Lipinski definition) is 5. The molecule has 1 N–H and O–H groups in total. The SMILES string of the molecule is CCNC(=O)c1ccc(-c2ccc(C3OC(C)(C)N(C(=O)OC(C)(C)C)C3CF)cc2)cn1. The summed E-state index contributed by atoms with van der Waals surface area (Å²) < 4.78 is 25.8. The molecule has 2 heterocycles. The van der Waals surface area contributed by atoms with Gasteiger partial charge in [-0.3, -0.25) is 14.7 Å². The molecule has 1 aromatic carbocycles. The molecule has 178 valence electrons. The Hall–Kier alpha value is -3.00. The summed E-state index contributed by atoms with van der Waals surface area (Å²) in [6, 6.07) is 10.2. The van der Waals surface area contributed by atoms with Crippen LogP contribution < -0.4 is 5.32 Å². The zero-order valence-corrected chi connectivity index (χ0v) is 20.0. The lowest BCUT2D eigenvalue weighted by molar-refractivity contribution is -0.0797. The lowest BCUT2D eigenvalue weighted by Gasteiger charge is -2.34. The molecule has 0 spiro atoms. The van der Waals surface area contributed by atoms with E-state index in [4.69, 9.17) is 9.47 Å². The number of amides is 2. The molecule has 0 bridgehead atoms. The first-order chi connectivity index (χ1) is 15.5. The van der Waals surface area contributed by atoms with Gasteiger partial charge in [-0.15, -0.1) is 0 Å². The zero-order chi connectivity index (χ0) is 24.4. The van der Waals surface area contributed by atoms with E-state index in [-0.39, 0.29) is 5.91 Å². The number of aromatic nitrogens is 1. The Kier molecular flexibility index (Phi) is 7.07. The molecule has 1 aromatic heterocycles. The highest BCUT2D eigenvalue weighted by atomic mass is 19.1. The Morgan fingerprint density at radius 1 is 1.15 bits per heavy atom. The third-order valence-electron chi connectivity index (χ3n) is 5.33. The molecule has 0 saturated carbocycles. The van der Waals surface area contributed by atoms with Gasteiger partial charge in [-0.2, -0.15) is 0 Å². The number of alkyl halides is 1. The lowest BCUT2D eigenvalue weighted by atomic mass is 9.99. The van der Waals surface area contributed by atoms with Crippen molar-refractivity contribution >= 4 is 12.0 Å². The van der Waals surface area contributed by atoms with Gasteiger partial charge in [0.25, 0.3) is 5.91 Å². The van der Waals surface area contributed by atoms with E-state index in [1.807, 2.05) is 37.3 Å². The number of benzene rings is 1. The van der Waals surface area contributed by atoms with Gasteiger partial charge in [0.1, 0.15) is 29.8 Å². The number of halogens is 1. The highest BCUT2D eigenvalue weighted by Gasteiger charge is 2.51. The number of ether oxygens (including phenoxy) is 2. The number of hydrogen-bond donors (Lipinski definition) is 1. The predicted octanol–water partition coefficient (Wildman–Crippen LogP) is 4.88. The molecule has 2 aromatic rings. The van der Waals surface area contributed by atoms with Crippen LogP contribution in [0.4, 0.5) is 9.18 Å². The first-order valence-electron chi connectivity index (χ1n) is 11.1. The van der Waals surface area contributed by atoms with E-state index < -0.39 is 36.2 Å². The molecule has 33 heavy (non-hydrogen) atoms. The van der Waals surface area contributed by atoms with Crippen LogP contribution in [0, 0.1) is 0 Å². The van der Waals surface area contributed by atoms with E-state index in [0.717, 1.165) is 16.7 Å². The molecule has 8 heteroatoms. The monoisotopic (exact) mass is 457 g/mol. The van der Waals surface area contributed by atoms with E-state index in [0.29, 0.717) is 12.2 Å². The van der Waals surface area contributed by atoms with Gasteiger partial charge in [0.05, 0.1) is 6.04 Å². The summed E-state index contributed by atoms with van der Waals surface area (Å²) in [6.07, 6.45) is 0.404. The van der Waals surface area contributed by atoms with Crippen LogP contribution >= 0.6 is 0 Å². The lowest BCUT2D eigenvalue weighted by Crippen LogP contribution is -2.50. The van der Waals surface area contributed by atoms with Crippen LogP contribution in [0.5, 0.6) is 0 Å². The molecule has 2 amide bonds. The predicted molar refractivity (Wildman–Crippen MR) is 123 cm³/mol. The van der Waals surface area contributed by atoms with Gasteiger partial charge >= 0.3 is 6.09 Å².